The Morgan fingerprint density at radius 1 is 1.25 bits per heavy atom. The summed E-state index contributed by atoms with van der Waals surface area (Å²) in [4.78, 5) is 23.0. The average Bonchev–Trinajstić information content (AvgIpc) is 2.25. The summed E-state index contributed by atoms with van der Waals surface area (Å²) in [6.07, 6.45) is 4.34. The molecule has 0 radical (unpaired) electrons. The number of nitrogens with one attached hydrogen (secondary N) is 1. The highest BCUT2D eigenvalue weighted by Gasteiger charge is 2.19. The molecular weight excluding hydrogens is 322 g/mol. The van der Waals surface area contributed by atoms with E-state index >= 15 is 0 Å². The van der Waals surface area contributed by atoms with E-state index in [1.165, 1.54) is 6.08 Å². The molecule has 4 nitrogen and oxygen atoms in total. The van der Waals surface area contributed by atoms with Crippen molar-refractivity contribution < 1.29 is 14.3 Å². The van der Waals surface area contributed by atoms with Crippen LogP contribution in [-0.2, 0) is 9.53 Å². The molecule has 1 unspecified atom stereocenters. The molecule has 0 aromatic carbocycles. The van der Waals surface area contributed by atoms with Crippen molar-refractivity contribution in [2.24, 2.45) is 5.92 Å². The maximum absolute atomic E-state index is 11.8. The van der Waals surface area contributed by atoms with Gasteiger partial charge in [-0.1, -0.05) is 35.9 Å². The standard InChI is InChI=1S/C15H24BrNO3/c1-7-8-13(18)11(16)9-12(10(2)3)17-14(19)20-15(4,5)6/h7-11H,1-6H3,(H,17,19). The molecule has 0 aliphatic heterocycles. The number of alkyl carbamates (subject to hydrolysis) is 1. The Balaban J connectivity index is 4.90. The van der Waals surface area contributed by atoms with E-state index in [2.05, 4.69) is 21.2 Å². The van der Waals surface area contributed by atoms with Gasteiger partial charge in [-0.3, -0.25) is 10.1 Å². The van der Waals surface area contributed by atoms with Gasteiger partial charge in [0.15, 0.2) is 5.78 Å². The minimum Gasteiger partial charge on any atom is -0.444 e. The summed E-state index contributed by atoms with van der Waals surface area (Å²) >= 11 is 3.30. The molecule has 0 heterocycles. The van der Waals surface area contributed by atoms with Crippen LogP contribution in [0.25, 0.3) is 0 Å². The van der Waals surface area contributed by atoms with Crippen LogP contribution in [0.4, 0.5) is 4.79 Å². The van der Waals surface area contributed by atoms with Gasteiger partial charge >= 0.3 is 6.09 Å². The third-order valence-electron chi connectivity index (χ3n) is 2.20. The first-order valence-corrected chi connectivity index (χ1v) is 7.50. The minimum atomic E-state index is -0.555. The van der Waals surface area contributed by atoms with Gasteiger partial charge in [0, 0.05) is 5.70 Å². The van der Waals surface area contributed by atoms with E-state index in [1.807, 2.05) is 13.8 Å². The van der Waals surface area contributed by atoms with Crippen molar-refractivity contribution in [2.45, 2.75) is 52.0 Å². The predicted molar refractivity (Wildman–Crippen MR) is 84.8 cm³/mol. The highest BCUT2D eigenvalue weighted by atomic mass is 79.9. The lowest BCUT2D eigenvalue weighted by Crippen LogP contribution is -2.33. The number of rotatable bonds is 5. The third kappa shape index (κ3) is 8.15. The van der Waals surface area contributed by atoms with Crippen molar-refractivity contribution in [1.29, 1.82) is 0 Å². The Kier molecular flexibility index (Phi) is 7.79. The minimum absolute atomic E-state index is 0.0703. The quantitative estimate of drug-likeness (QED) is 0.606. The zero-order valence-electron chi connectivity index (χ0n) is 13.0. The summed E-state index contributed by atoms with van der Waals surface area (Å²) in [6, 6.07) is 0. The Bertz CT molecular complexity index is 406. The number of alkyl halides is 1. The summed E-state index contributed by atoms with van der Waals surface area (Å²) in [5, 5.41) is 2.69. The number of hydrogen-bond acceptors (Lipinski definition) is 3. The number of halogens is 1. The van der Waals surface area contributed by atoms with Gasteiger partial charge in [0.05, 0.1) is 4.83 Å². The lowest BCUT2D eigenvalue weighted by molar-refractivity contribution is -0.113. The summed E-state index contributed by atoms with van der Waals surface area (Å²) in [5.74, 6) is -0.00221. The van der Waals surface area contributed by atoms with Gasteiger partial charge in [-0.2, -0.15) is 0 Å². The second kappa shape index (κ2) is 8.25. The smallest absolute Gasteiger partial charge is 0.411 e. The van der Waals surface area contributed by atoms with Crippen molar-refractivity contribution >= 4 is 27.8 Å². The van der Waals surface area contributed by atoms with Gasteiger partial charge in [-0.15, -0.1) is 0 Å². The first-order chi connectivity index (χ1) is 9.06. The zero-order chi connectivity index (χ0) is 15.9. The molecule has 0 spiro atoms. The summed E-state index contributed by atoms with van der Waals surface area (Å²) in [5.41, 5.74) is 0.0970. The van der Waals surface area contributed by atoms with E-state index in [-0.39, 0.29) is 11.7 Å². The lowest BCUT2D eigenvalue weighted by atomic mass is 10.1. The molecule has 0 aromatic heterocycles. The topological polar surface area (TPSA) is 55.4 Å². The molecule has 0 fully saturated rings. The van der Waals surface area contributed by atoms with Crippen LogP contribution >= 0.6 is 15.9 Å². The van der Waals surface area contributed by atoms with Crippen LogP contribution in [0.1, 0.15) is 41.5 Å². The van der Waals surface area contributed by atoms with Gasteiger partial charge in [0.1, 0.15) is 5.60 Å². The molecule has 114 valence electrons. The Hall–Kier alpha value is -1.10. The lowest BCUT2D eigenvalue weighted by Gasteiger charge is -2.22. The van der Waals surface area contributed by atoms with Gasteiger partial charge < -0.3 is 4.74 Å². The first kappa shape index (κ1) is 18.9. The Morgan fingerprint density at radius 2 is 1.80 bits per heavy atom. The molecular formula is C15H24BrNO3. The van der Waals surface area contributed by atoms with Crippen LogP contribution in [0.3, 0.4) is 0 Å². The molecule has 20 heavy (non-hydrogen) atoms. The third-order valence-corrected chi connectivity index (χ3v) is 2.91. The summed E-state index contributed by atoms with van der Waals surface area (Å²) in [7, 11) is 0. The molecule has 0 saturated carbocycles. The van der Waals surface area contributed by atoms with Crippen LogP contribution in [0.2, 0.25) is 0 Å². The fourth-order valence-corrected chi connectivity index (χ4v) is 1.73. The highest BCUT2D eigenvalue weighted by molar-refractivity contribution is 9.10. The molecule has 0 rings (SSSR count). The number of carbonyl (C=O) groups is 2. The van der Waals surface area contributed by atoms with Crippen molar-refractivity contribution in [3.63, 3.8) is 0 Å². The van der Waals surface area contributed by atoms with E-state index in [0.717, 1.165) is 0 Å². The van der Waals surface area contributed by atoms with Crippen LogP contribution in [0.15, 0.2) is 23.9 Å². The largest absolute Gasteiger partial charge is 0.444 e. The van der Waals surface area contributed by atoms with Crippen LogP contribution in [0.5, 0.6) is 0 Å². The first-order valence-electron chi connectivity index (χ1n) is 6.59. The molecule has 0 saturated heterocycles. The van der Waals surface area contributed by atoms with E-state index in [0.29, 0.717) is 5.70 Å². The van der Waals surface area contributed by atoms with E-state index in [9.17, 15) is 9.59 Å². The predicted octanol–water partition coefficient (Wildman–Crippen LogP) is 3.96. The van der Waals surface area contributed by atoms with Crippen molar-refractivity contribution in [2.75, 3.05) is 0 Å². The number of ketones is 1. The average molecular weight is 346 g/mol. The van der Waals surface area contributed by atoms with Crippen LogP contribution < -0.4 is 5.32 Å². The fraction of sp³-hybridized carbons (Fsp3) is 0.600. The maximum Gasteiger partial charge on any atom is 0.411 e. The molecule has 0 aliphatic rings. The van der Waals surface area contributed by atoms with E-state index < -0.39 is 16.5 Å². The molecule has 0 bridgehead atoms. The second-order valence-corrected chi connectivity index (χ2v) is 6.69. The normalized spacial score (nSPS) is 14.5. The number of hydrogen-bond donors (Lipinski definition) is 1. The number of ether oxygens (including phenoxy) is 1. The van der Waals surface area contributed by atoms with Crippen molar-refractivity contribution in [1.82, 2.24) is 5.32 Å². The van der Waals surface area contributed by atoms with Crippen molar-refractivity contribution in [3.05, 3.63) is 23.9 Å². The molecule has 1 N–H and O–H groups in total. The summed E-state index contributed by atoms with van der Waals surface area (Å²) < 4.78 is 5.20. The Labute approximate surface area is 129 Å². The van der Waals surface area contributed by atoms with Gasteiger partial charge in [-0.05, 0) is 45.8 Å². The SMILES string of the molecule is CC=CC(=O)C(Br)C=C(NC(=O)OC(C)(C)C)C(C)C. The Morgan fingerprint density at radius 3 is 2.20 bits per heavy atom. The fourth-order valence-electron chi connectivity index (χ4n) is 1.30. The van der Waals surface area contributed by atoms with Crippen LogP contribution in [-0.4, -0.2) is 22.3 Å². The molecule has 5 heteroatoms. The van der Waals surface area contributed by atoms with Gasteiger partial charge in [-0.25, -0.2) is 4.79 Å². The molecule has 0 aromatic rings. The highest BCUT2D eigenvalue weighted by Crippen LogP contribution is 2.14. The molecule has 1 amide bonds. The van der Waals surface area contributed by atoms with E-state index in [4.69, 9.17) is 4.74 Å². The second-order valence-electron chi connectivity index (χ2n) is 5.71. The number of allylic oxidation sites excluding steroid dienone is 4. The number of amides is 1. The van der Waals surface area contributed by atoms with Crippen molar-refractivity contribution in [3.8, 4) is 0 Å². The molecule has 1 atom stereocenters. The zero-order valence-corrected chi connectivity index (χ0v) is 14.6. The van der Waals surface area contributed by atoms with Gasteiger partial charge in [0.2, 0.25) is 0 Å². The summed E-state index contributed by atoms with van der Waals surface area (Å²) in [6.45, 7) is 11.0. The number of carbonyl (C=O) groups excluding carboxylic acids is 2. The van der Waals surface area contributed by atoms with Gasteiger partial charge in [0.25, 0.3) is 0 Å². The molecule has 0 aliphatic carbocycles. The maximum atomic E-state index is 11.8. The van der Waals surface area contributed by atoms with Crippen LogP contribution in [0, 0.1) is 5.92 Å². The monoisotopic (exact) mass is 345 g/mol. The van der Waals surface area contributed by atoms with E-state index in [1.54, 1.807) is 39.8 Å².